The van der Waals surface area contributed by atoms with E-state index >= 15 is 0 Å². The zero-order valence-corrected chi connectivity index (χ0v) is 14.2. The minimum atomic E-state index is -0.954. The molecule has 1 heterocycles. The number of aliphatic hydroxyl groups is 1. The lowest BCUT2D eigenvalue weighted by molar-refractivity contribution is -0.152. The molecule has 1 aliphatic heterocycles. The summed E-state index contributed by atoms with van der Waals surface area (Å²) in [6, 6.07) is 7.06. The summed E-state index contributed by atoms with van der Waals surface area (Å²) in [5, 5.41) is 19.6. The van der Waals surface area contributed by atoms with E-state index in [9.17, 15) is 14.7 Å². The zero-order chi connectivity index (χ0) is 17.3. The van der Waals surface area contributed by atoms with Gasteiger partial charge in [0.2, 0.25) is 5.91 Å². The van der Waals surface area contributed by atoms with E-state index in [-0.39, 0.29) is 31.0 Å². The van der Waals surface area contributed by atoms with Crippen molar-refractivity contribution in [2.24, 2.45) is 11.8 Å². The van der Waals surface area contributed by atoms with Gasteiger partial charge in [-0.1, -0.05) is 23.7 Å². The lowest BCUT2D eigenvalue weighted by Gasteiger charge is -2.44. The lowest BCUT2D eigenvalue weighted by atomic mass is 9.85. The Morgan fingerprint density at radius 1 is 1.21 bits per heavy atom. The number of rotatable bonds is 6. The van der Waals surface area contributed by atoms with Crippen molar-refractivity contribution in [3.05, 3.63) is 34.9 Å². The highest BCUT2D eigenvalue weighted by molar-refractivity contribution is 6.30. The van der Waals surface area contributed by atoms with Crippen LogP contribution in [0.2, 0.25) is 5.02 Å². The van der Waals surface area contributed by atoms with Gasteiger partial charge in [0.25, 0.3) is 0 Å². The molecule has 3 rings (SSSR count). The summed E-state index contributed by atoms with van der Waals surface area (Å²) in [4.78, 5) is 25.8. The zero-order valence-electron chi connectivity index (χ0n) is 13.4. The topological polar surface area (TPSA) is 77.8 Å². The monoisotopic (exact) mass is 351 g/mol. The van der Waals surface area contributed by atoms with E-state index in [2.05, 4.69) is 0 Å². The van der Waals surface area contributed by atoms with Gasteiger partial charge >= 0.3 is 5.97 Å². The highest BCUT2D eigenvalue weighted by Gasteiger charge is 2.45. The van der Waals surface area contributed by atoms with Crippen LogP contribution in [0.15, 0.2) is 24.3 Å². The molecular weight excluding hydrogens is 330 g/mol. The van der Waals surface area contributed by atoms with Gasteiger partial charge < -0.3 is 15.1 Å². The standard InChI is InChI=1S/C18H22ClNO4/c19-14-6-3-11(4-7-14)15-8-5-13(9-17(22)23)18(24)20(15)16(10-21)12-1-2-12/h3-4,6-7,12-13,15-16,21H,1-2,5,8-10H2,(H,22,23)/t13?,15-,16?/m0/s1. The predicted molar refractivity (Wildman–Crippen MR) is 89.6 cm³/mol. The second-order valence-corrected chi connectivity index (χ2v) is 7.21. The van der Waals surface area contributed by atoms with E-state index in [0.717, 1.165) is 18.4 Å². The summed E-state index contributed by atoms with van der Waals surface area (Å²) in [6.07, 6.45) is 3.12. The van der Waals surface area contributed by atoms with Gasteiger partial charge in [-0.25, -0.2) is 0 Å². The summed E-state index contributed by atoms with van der Waals surface area (Å²) in [7, 11) is 0. The van der Waals surface area contributed by atoms with Gasteiger partial charge in [-0.05, 0) is 49.3 Å². The molecule has 2 N–H and O–H groups in total. The first-order chi connectivity index (χ1) is 11.5. The third kappa shape index (κ3) is 3.57. The van der Waals surface area contributed by atoms with Crippen molar-refractivity contribution in [2.45, 2.75) is 44.2 Å². The fourth-order valence-electron chi connectivity index (χ4n) is 3.74. The van der Waals surface area contributed by atoms with Crippen LogP contribution < -0.4 is 0 Å². The number of benzene rings is 1. The summed E-state index contributed by atoms with van der Waals surface area (Å²) in [5.74, 6) is -1.28. The molecule has 5 nitrogen and oxygen atoms in total. The Balaban J connectivity index is 1.90. The maximum atomic E-state index is 13.0. The van der Waals surface area contributed by atoms with Crippen molar-refractivity contribution in [1.82, 2.24) is 4.90 Å². The summed E-state index contributed by atoms with van der Waals surface area (Å²) in [6.45, 7) is -0.0830. The Kier molecular flexibility index (Phi) is 5.11. The van der Waals surface area contributed by atoms with Crippen molar-refractivity contribution in [3.63, 3.8) is 0 Å². The van der Waals surface area contributed by atoms with Crippen molar-refractivity contribution < 1.29 is 19.8 Å². The molecule has 6 heteroatoms. The highest BCUT2D eigenvalue weighted by Crippen LogP contribution is 2.43. The molecule has 130 valence electrons. The van der Waals surface area contributed by atoms with Gasteiger partial charge in [0.05, 0.1) is 25.1 Å². The molecule has 3 atom stereocenters. The molecule has 2 fully saturated rings. The van der Waals surface area contributed by atoms with Crippen LogP contribution in [0.4, 0.5) is 0 Å². The van der Waals surface area contributed by atoms with Crippen LogP contribution >= 0.6 is 11.6 Å². The Labute approximate surface area is 146 Å². The van der Waals surface area contributed by atoms with Gasteiger partial charge in [0.1, 0.15) is 0 Å². The van der Waals surface area contributed by atoms with Gasteiger partial charge in [-0.15, -0.1) is 0 Å². The van der Waals surface area contributed by atoms with Crippen LogP contribution in [0.3, 0.4) is 0 Å². The van der Waals surface area contributed by atoms with Crippen molar-refractivity contribution >= 4 is 23.5 Å². The first-order valence-corrected chi connectivity index (χ1v) is 8.79. The molecule has 0 spiro atoms. The smallest absolute Gasteiger partial charge is 0.304 e. The Morgan fingerprint density at radius 3 is 2.42 bits per heavy atom. The number of carboxylic acids is 1. The number of amides is 1. The molecule has 1 aliphatic carbocycles. The third-order valence-corrected chi connectivity index (χ3v) is 5.37. The second kappa shape index (κ2) is 7.11. The Bertz CT molecular complexity index is 614. The number of likely N-dealkylation sites (tertiary alicyclic amines) is 1. The van der Waals surface area contributed by atoms with Crippen LogP contribution in [0.25, 0.3) is 0 Å². The molecule has 24 heavy (non-hydrogen) atoms. The average molecular weight is 352 g/mol. The van der Waals surface area contributed by atoms with E-state index in [1.807, 2.05) is 12.1 Å². The van der Waals surface area contributed by atoms with Crippen LogP contribution in [-0.4, -0.2) is 39.6 Å². The van der Waals surface area contributed by atoms with Crippen LogP contribution in [-0.2, 0) is 9.59 Å². The minimum absolute atomic E-state index is 0.0830. The number of halogens is 1. The molecule has 2 unspecified atom stereocenters. The third-order valence-electron chi connectivity index (χ3n) is 5.11. The SMILES string of the molecule is O=C(O)CC1CC[C@@H](c2ccc(Cl)cc2)N(C(CO)C2CC2)C1=O. The molecule has 1 saturated carbocycles. The molecule has 0 bridgehead atoms. The number of carboxylic acid groups (broad SMARTS) is 1. The normalized spacial score (nSPS) is 25.6. The van der Waals surface area contributed by atoms with Gasteiger partial charge in [0, 0.05) is 10.9 Å². The number of carbonyl (C=O) groups excluding carboxylic acids is 1. The number of carbonyl (C=O) groups is 2. The number of aliphatic carboxylic acids is 1. The number of hydrogen-bond acceptors (Lipinski definition) is 3. The van der Waals surface area contributed by atoms with Crippen LogP contribution in [0.5, 0.6) is 0 Å². The molecule has 2 aliphatic rings. The summed E-state index contributed by atoms with van der Waals surface area (Å²) >= 11 is 5.96. The largest absolute Gasteiger partial charge is 0.481 e. The van der Waals surface area contributed by atoms with Crippen LogP contribution in [0, 0.1) is 11.8 Å². The van der Waals surface area contributed by atoms with Crippen molar-refractivity contribution in [1.29, 1.82) is 0 Å². The van der Waals surface area contributed by atoms with Crippen LogP contribution in [0.1, 0.15) is 43.7 Å². The quantitative estimate of drug-likeness (QED) is 0.826. The Morgan fingerprint density at radius 2 is 1.88 bits per heavy atom. The average Bonchev–Trinajstić information content (AvgIpc) is 3.37. The number of hydrogen-bond donors (Lipinski definition) is 2. The molecular formula is C18H22ClNO4. The summed E-state index contributed by atoms with van der Waals surface area (Å²) in [5.41, 5.74) is 0.987. The van der Waals surface area contributed by atoms with E-state index in [4.69, 9.17) is 16.7 Å². The number of piperidine rings is 1. The van der Waals surface area contributed by atoms with E-state index in [1.165, 1.54) is 0 Å². The highest BCUT2D eigenvalue weighted by atomic mass is 35.5. The van der Waals surface area contributed by atoms with Gasteiger partial charge in [-0.2, -0.15) is 0 Å². The number of nitrogens with zero attached hydrogens (tertiary/aromatic N) is 1. The first kappa shape index (κ1) is 17.2. The second-order valence-electron chi connectivity index (χ2n) is 6.77. The Hall–Kier alpha value is -1.59. The first-order valence-electron chi connectivity index (χ1n) is 8.41. The summed E-state index contributed by atoms with van der Waals surface area (Å²) < 4.78 is 0. The number of aliphatic hydroxyl groups excluding tert-OH is 1. The van der Waals surface area contributed by atoms with Gasteiger partial charge in [-0.3, -0.25) is 9.59 Å². The molecule has 1 saturated heterocycles. The van der Waals surface area contributed by atoms with E-state index < -0.39 is 11.9 Å². The maximum absolute atomic E-state index is 13.0. The molecule has 0 aromatic heterocycles. The minimum Gasteiger partial charge on any atom is -0.481 e. The van der Waals surface area contributed by atoms with E-state index in [1.54, 1.807) is 17.0 Å². The molecule has 1 aromatic carbocycles. The maximum Gasteiger partial charge on any atom is 0.304 e. The molecule has 1 aromatic rings. The van der Waals surface area contributed by atoms with E-state index in [0.29, 0.717) is 23.8 Å². The predicted octanol–water partition coefficient (Wildman–Crippen LogP) is 2.87. The fourth-order valence-corrected chi connectivity index (χ4v) is 3.86. The lowest BCUT2D eigenvalue weighted by Crippen LogP contribution is -2.51. The fraction of sp³-hybridized carbons (Fsp3) is 0.556. The van der Waals surface area contributed by atoms with Crippen molar-refractivity contribution in [3.8, 4) is 0 Å². The van der Waals surface area contributed by atoms with Crippen molar-refractivity contribution in [2.75, 3.05) is 6.61 Å². The molecule has 1 amide bonds. The van der Waals surface area contributed by atoms with Gasteiger partial charge in [0.15, 0.2) is 0 Å². The molecule has 0 radical (unpaired) electrons.